The Labute approximate surface area is 162 Å². The number of aryl methyl sites for hydroxylation is 1. The Kier molecular flexibility index (Phi) is 5.71. The topological polar surface area (TPSA) is 68.9 Å². The van der Waals surface area contributed by atoms with Crippen LogP contribution in [0.5, 0.6) is 0 Å². The molecule has 2 heterocycles. The summed E-state index contributed by atoms with van der Waals surface area (Å²) < 4.78 is 55.8. The number of amides is 1. The van der Waals surface area contributed by atoms with Crippen molar-refractivity contribution in [1.29, 1.82) is 0 Å². The van der Waals surface area contributed by atoms with Gasteiger partial charge in [0.15, 0.2) is 5.65 Å². The van der Waals surface area contributed by atoms with Gasteiger partial charge in [-0.15, -0.1) is 0 Å². The molecule has 0 spiro atoms. The molecule has 154 valence electrons. The first-order valence-corrected chi connectivity index (χ1v) is 8.83. The number of anilines is 1. The number of hydrogen-bond donors (Lipinski definition) is 1. The van der Waals surface area contributed by atoms with Crippen LogP contribution < -0.4 is 10.9 Å². The lowest BCUT2D eigenvalue weighted by Gasteiger charge is -2.10. The molecule has 29 heavy (non-hydrogen) atoms. The number of fused-ring (bicyclic) bond motifs is 1. The van der Waals surface area contributed by atoms with Crippen LogP contribution in [0.4, 0.5) is 23.2 Å². The highest BCUT2D eigenvalue weighted by molar-refractivity contribution is 5.90. The van der Waals surface area contributed by atoms with Crippen LogP contribution in [0.25, 0.3) is 11.0 Å². The number of pyridine rings is 1. The number of halogens is 4. The summed E-state index contributed by atoms with van der Waals surface area (Å²) in [6, 6.07) is 3.41. The van der Waals surface area contributed by atoms with Gasteiger partial charge in [0.25, 0.3) is 12.0 Å². The van der Waals surface area contributed by atoms with Crippen molar-refractivity contribution in [1.82, 2.24) is 14.3 Å². The van der Waals surface area contributed by atoms with E-state index in [0.717, 1.165) is 22.8 Å². The first-order valence-electron chi connectivity index (χ1n) is 8.83. The molecule has 0 fully saturated rings. The first-order chi connectivity index (χ1) is 13.7. The molecule has 1 N–H and O–H groups in total. The van der Waals surface area contributed by atoms with Gasteiger partial charge in [0, 0.05) is 48.3 Å². The van der Waals surface area contributed by atoms with E-state index in [1.807, 2.05) is 0 Å². The summed E-state index contributed by atoms with van der Waals surface area (Å²) in [5, 5.41) is 6.62. The zero-order valence-electron chi connectivity index (χ0n) is 15.6. The van der Waals surface area contributed by atoms with Crippen molar-refractivity contribution >= 4 is 22.6 Å². The third-order valence-corrected chi connectivity index (χ3v) is 4.36. The summed E-state index contributed by atoms with van der Waals surface area (Å²) in [6.07, 6.45) is -1.66. The molecule has 1 amide bonds. The normalized spacial score (nSPS) is 11.6. The number of aromatic nitrogens is 3. The number of alkyl halides is 2. The van der Waals surface area contributed by atoms with E-state index >= 15 is 0 Å². The van der Waals surface area contributed by atoms with E-state index in [0.29, 0.717) is 6.07 Å². The average molecular weight is 410 g/mol. The van der Waals surface area contributed by atoms with Crippen LogP contribution in [0.2, 0.25) is 0 Å². The standard InChI is InChI=1S/C19H18F4N4O2/c1-10(2)27-9-13-12(18(22)23)8-17(29)26(19(13)25-27)6-5-16(28)24-15-4-3-11(20)7-14(15)21/h3-4,7-10,18H,5-6H2,1-2H3,(H,24,28). The third kappa shape index (κ3) is 4.30. The van der Waals surface area contributed by atoms with Gasteiger partial charge in [-0.2, -0.15) is 5.10 Å². The highest BCUT2D eigenvalue weighted by Gasteiger charge is 2.20. The molecule has 3 aromatic rings. The molecule has 0 aliphatic rings. The largest absolute Gasteiger partial charge is 0.324 e. The van der Waals surface area contributed by atoms with Crippen LogP contribution in [-0.2, 0) is 11.3 Å². The molecule has 0 saturated carbocycles. The number of carbonyl (C=O) groups is 1. The van der Waals surface area contributed by atoms with Crippen molar-refractivity contribution in [3.63, 3.8) is 0 Å². The average Bonchev–Trinajstić information content (AvgIpc) is 3.08. The molecule has 0 radical (unpaired) electrons. The van der Waals surface area contributed by atoms with Crippen molar-refractivity contribution in [2.45, 2.75) is 39.3 Å². The fraction of sp³-hybridized carbons (Fsp3) is 0.316. The Morgan fingerprint density at radius 1 is 1.21 bits per heavy atom. The van der Waals surface area contributed by atoms with Crippen LogP contribution >= 0.6 is 0 Å². The monoisotopic (exact) mass is 410 g/mol. The third-order valence-electron chi connectivity index (χ3n) is 4.36. The highest BCUT2D eigenvalue weighted by Crippen LogP contribution is 2.26. The van der Waals surface area contributed by atoms with Crippen LogP contribution in [0.1, 0.15) is 38.3 Å². The maximum absolute atomic E-state index is 13.7. The molecule has 10 heteroatoms. The lowest BCUT2D eigenvalue weighted by Crippen LogP contribution is -2.24. The Morgan fingerprint density at radius 2 is 1.93 bits per heavy atom. The maximum Gasteiger partial charge on any atom is 0.264 e. The molecule has 3 rings (SSSR count). The van der Waals surface area contributed by atoms with Crippen molar-refractivity contribution in [2.24, 2.45) is 0 Å². The Bertz CT molecular complexity index is 1120. The maximum atomic E-state index is 13.7. The molecule has 2 aromatic heterocycles. The molecule has 0 aliphatic carbocycles. The Morgan fingerprint density at radius 3 is 2.55 bits per heavy atom. The summed E-state index contributed by atoms with van der Waals surface area (Å²) in [7, 11) is 0. The SMILES string of the molecule is CC(C)n1cc2c(C(F)F)cc(=O)n(CCC(=O)Nc3ccc(F)cc3F)c2n1. The van der Waals surface area contributed by atoms with Gasteiger partial charge in [0.1, 0.15) is 11.6 Å². The molecule has 1 aromatic carbocycles. The molecule has 0 aliphatic heterocycles. The van der Waals surface area contributed by atoms with Gasteiger partial charge < -0.3 is 5.32 Å². The molecular formula is C19H18F4N4O2. The van der Waals surface area contributed by atoms with Crippen molar-refractivity contribution in [2.75, 3.05) is 5.32 Å². The number of carbonyl (C=O) groups excluding carboxylic acids is 1. The van der Waals surface area contributed by atoms with E-state index in [9.17, 15) is 27.2 Å². The van der Waals surface area contributed by atoms with E-state index in [4.69, 9.17) is 0 Å². The van der Waals surface area contributed by atoms with Crippen LogP contribution in [0.15, 0.2) is 35.3 Å². The lowest BCUT2D eigenvalue weighted by atomic mass is 10.2. The van der Waals surface area contributed by atoms with E-state index in [1.54, 1.807) is 13.8 Å². The molecule has 0 unspecified atom stereocenters. The van der Waals surface area contributed by atoms with Crippen molar-refractivity contribution in [3.8, 4) is 0 Å². The quantitative estimate of drug-likeness (QED) is 0.624. The van der Waals surface area contributed by atoms with E-state index in [1.165, 1.54) is 10.9 Å². The summed E-state index contributed by atoms with van der Waals surface area (Å²) in [4.78, 5) is 24.5. The van der Waals surface area contributed by atoms with E-state index in [-0.39, 0.29) is 35.7 Å². The first kappa shape index (κ1) is 20.6. The highest BCUT2D eigenvalue weighted by atomic mass is 19.3. The van der Waals surface area contributed by atoms with Crippen molar-refractivity contribution in [3.05, 3.63) is 58.0 Å². The van der Waals surface area contributed by atoms with Gasteiger partial charge in [-0.1, -0.05) is 0 Å². The fourth-order valence-corrected chi connectivity index (χ4v) is 2.86. The van der Waals surface area contributed by atoms with Crippen LogP contribution in [0, 0.1) is 11.6 Å². The van der Waals surface area contributed by atoms with Gasteiger partial charge in [-0.05, 0) is 26.0 Å². The summed E-state index contributed by atoms with van der Waals surface area (Å²) in [6.45, 7) is 3.46. The smallest absolute Gasteiger partial charge is 0.264 e. The number of nitrogens with one attached hydrogen (secondary N) is 1. The summed E-state index contributed by atoms with van der Waals surface area (Å²) >= 11 is 0. The molecule has 6 nitrogen and oxygen atoms in total. The second-order valence-electron chi connectivity index (χ2n) is 6.75. The number of rotatable bonds is 6. The number of benzene rings is 1. The van der Waals surface area contributed by atoms with E-state index in [2.05, 4.69) is 10.4 Å². The van der Waals surface area contributed by atoms with Gasteiger partial charge in [-0.25, -0.2) is 17.6 Å². The second kappa shape index (κ2) is 8.06. The zero-order chi connectivity index (χ0) is 21.3. The second-order valence-corrected chi connectivity index (χ2v) is 6.75. The fourth-order valence-electron chi connectivity index (χ4n) is 2.86. The number of hydrogen-bond acceptors (Lipinski definition) is 3. The van der Waals surface area contributed by atoms with E-state index < -0.39 is 35.1 Å². The molecule has 0 saturated heterocycles. The molecule has 0 atom stereocenters. The molecular weight excluding hydrogens is 392 g/mol. The van der Waals surface area contributed by atoms with Gasteiger partial charge in [0.05, 0.1) is 5.69 Å². The van der Waals surface area contributed by atoms with Gasteiger partial charge >= 0.3 is 0 Å². The molecule has 0 bridgehead atoms. The predicted molar refractivity (Wildman–Crippen MR) is 98.9 cm³/mol. The minimum absolute atomic E-state index is 0.0438. The zero-order valence-corrected chi connectivity index (χ0v) is 15.6. The summed E-state index contributed by atoms with van der Waals surface area (Å²) in [5.74, 6) is -2.35. The lowest BCUT2D eigenvalue weighted by molar-refractivity contribution is -0.116. The van der Waals surface area contributed by atoms with Crippen molar-refractivity contribution < 1.29 is 22.4 Å². The van der Waals surface area contributed by atoms with Crippen LogP contribution in [0.3, 0.4) is 0 Å². The van der Waals surface area contributed by atoms with Gasteiger partial charge in [0.2, 0.25) is 5.91 Å². The Hall–Kier alpha value is -3.17. The van der Waals surface area contributed by atoms with Crippen LogP contribution in [-0.4, -0.2) is 20.3 Å². The van der Waals surface area contributed by atoms with Gasteiger partial charge in [-0.3, -0.25) is 18.8 Å². The minimum atomic E-state index is -2.85. The predicted octanol–water partition coefficient (Wildman–Crippen LogP) is 4.02. The summed E-state index contributed by atoms with van der Waals surface area (Å²) in [5.41, 5.74) is -1.30. The number of nitrogens with zero attached hydrogens (tertiary/aromatic N) is 3. The minimum Gasteiger partial charge on any atom is -0.324 e. The Balaban J connectivity index is 1.87.